The molecule has 0 aliphatic carbocycles. The molecule has 1 aromatic carbocycles. The van der Waals surface area contributed by atoms with Crippen molar-refractivity contribution >= 4 is 28.3 Å². The zero-order valence-electron chi connectivity index (χ0n) is 11.5. The molecule has 5 heteroatoms. The van der Waals surface area contributed by atoms with E-state index in [2.05, 4.69) is 48.4 Å². The van der Waals surface area contributed by atoms with Crippen LogP contribution in [0.25, 0.3) is 0 Å². The first kappa shape index (κ1) is 13.6. The summed E-state index contributed by atoms with van der Waals surface area (Å²) in [5.41, 5.74) is 1.29. The fourth-order valence-electron chi connectivity index (χ4n) is 2.12. The molecule has 2 atom stereocenters. The molecule has 1 aliphatic heterocycles. The molecular weight excluding hydrogens is 286 g/mol. The van der Waals surface area contributed by atoms with E-state index in [4.69, 9.17) is 4.99 Å². The molecule has 2 unspecified atom stereocenters. The number of aliphatic imine (C=N–C) groups is 1. The maximum absolute atomic E-state index is 4.78. The Morgan fingerprint density at radius 2 is 2.10 bits per heavy atom. The second-order valence-corrected chi connectivity index (χ2v) is 7.12. The van der Waals surface area contributed by atoms with Crippen LogP contribution in [0.3, 0.4) is 0 Å². The molecule has 1 aliphatic rings. The van der Waals surface area contributed by atoms with Crippen LogP contribution in [0.2, 0.25) is 0 Å². The van der Waals surface area contributed by atoms with E-state index >= 15 is 0 Å². The smallest absolute Gasteiger partial charge is 0.157 e. The van der Waals surface area contributed by atoms with E-state index in [1.807, 2.05) is 12.3 Å². The number of hydrogen-bond acceptors (Lipinski definition) is 5. The monoisotopic (exact) mass is 303 g/mol. The Morgan fingerprint density at radius 3 is 2.80 bits per heavy atom. The largest absolute Gasteiger partial charge is 0.356 e. The number of nitrogens with one attached hydrogen (secondary N) is 1. The summed E-state index contributed by atoms with van der Waals surface area (Å²) < 4.78 is 0. The number of aryl methyl sites for hydroxylation is 1. The van der Waals surface area contributed by atoms with Crippen LogP contribution >= 0.6 is 23.1 Å². The maximum atomic E-state index is 4.78. The average molecular weight is 303 g/mol. The summed E-state index contributed by atoms with van der Waals surface area (Å²) in [5.74, 6) is 1.01. The molecule has 2 aromatic rings. The maximum Gasteiger partial charge on any atom is 0.157 e. The van der Waals surface area contributed by atoms with Crippen LogP contribution in [0, 0.1) is 6.92 Å². The lowest BCUT2D eigenvalue weighted by Gasteiger charge is -2.11. The quantitative estimate of drug-likeness (QED) is 0.933. The fraction of sp³-hybridized carbons (Fsp3) is 0.333. The zero-order valence-corrected chi connectivity index (χ0v) is 13.2. The summed E-state index contributed by atoms with van der Waals surface area (Å²) >= 11 is 3.53. The van der Waals surface area contributed by atoms with Crippen LogP contribution in [-0.4, -0.2) is 15.9 Å². The third-order valence-corrected chi connectivity index (χ3v) is 5.26. The molecule has 0 saturated carbocycles. The van der Waals surface area contributed by atoms with Gasteiger partial charge in [0.1, 0.15) is 5.01 Å². The molecule has 0 bridgehead atoms. The molecule has 2 heterocycles. The highest BCUT2D eigenvalue weighted by Crippen LogP contribution is 2.30. The van der Waals surface area contributed by atoms with E-state index < -0.39 is 0 Å². The normalized spacial score (nSPS) is 19.7. The van der Waals surface area contributed by atoms with E-state index in [9.17, 15) is 0 Å². The molecule has 3 nitrogen and oxygen atoms in total. The van der Waals surface area contributed by atoms with Crippen molar-refractivity contribution < 1.29 is 0 Å². The SMILES string of the molecule is Cc1cnc(C(C)NC2=NC(c3ccccc3)CS2)s1. The Morgan fingerprint density at radius 1 is 1.30 bits per heavy atom. The zero-order chi connectivity index (χ0) is 13.9. The van der Waals surface area contributed by atoms with Crippen molar-refractivity contribution in [3.8, 4) is 0 Å². The van der Waals surface area contributed by atoms with Gasteiger partial charge in [-0.3, -0.25) is 4.99 Å². The second kappa shape index (κ2) is 5.97. The second-order valence-electron chi connectivity index (χ2n) is 4.85. The van der Waals surface area contributed by atoms with E-state index in [1.165, 1.54) is 10.4 Å². The Hall–Kier alpha value is -1.33. The van der Waals surface area contributed by atoms with Gasteiger partial charge in [-0.2, -0.15) is 0 Å². The molecule has 0 amide bonds. The van der Waals surface area contributed by atoms with Gasteiger partial charge in [0.2, 0.25) is 0 Å². The first-order valence-electron chi connectivity index (χ1n) is 6.67. The first-order chi connectivity index (χ1) is 9.72. The summed E-state index contributed by atoms with van der Waals surface area (Å²) in [6.45, 7) is 4.22. The predicted molar refractivity (Wildman–Crippen MR) is 87.5 cm³/mol. The molecular formula is C15H17N3S2. The summed E-state index contributed by atoms with van der Waals surface area (Å²) in [6, 6.07) is 11.0. The third-order valence-electron chi connectivity index (χ3n) is 3.18. The van der Waals surface area contributed by atoms with Crippen molar-refractivity contribution in [2.45, 2.75) is 25.9 Å². The van der Waals surface area contributed by atoms with Gasteiger partial charge in [0, 0.05) is 16.8 Å². The number of rotatable bonds is 3. The summed E-state index contributed by atoms with van der Waals surface area (Å²) in [5, 5.41) is 5.62. The van der Waals surface area contributed by atoms with Crippen molar-refractivity contribution in [3.05, 3.63) is 52.0 Å². The van der Waals surface area contributed by atoms with Crippen LogP contribution in [0.5, 0.6) is 0 Å². The highest BCUT2D eigenvalue weighted by molar-refractivity contribution is 8.14. The lowest BCUT2D eigenvalue weighted by molar-refractivity contribution is 0.711. The lowest BCUT2D eigenvalue weighted by Crippen LogP contribution is -2.22. The Kier molecular flexibility index (Phi) is 4.08. The Bertz CT molecular complexity index is 607. The van der Waals surface area contributed by atoms with Crippen LogP contribution in [0.15, 0.2) is 41.5 Å². The van der Waals surface area contributed by atoms with Crippen molar-refractivity contribution in [3.63, 3.8) is 0 Å². The molecule has 3 rings (SSSR count). The highest BCUT2D eigenvalue weighted by atomic mass is 32.2. The minimum Gasteiger partial charge on any atom is -0.356 e. The van der Waals surface area contributed by atoms with Crippen LogP contribution < -0.4 is 5.32 Å². The Balaban J connectivity index is 1.67. The minimum absolute atomic E-state index is 0.217. The van der Waals surface area contributed by atoms with Gasteiger partial charge >= 0.3 is 0 Å². The molecule has 1 N–H and O–H groups in total. The summed E-state index contributed by atoms with van der Waals surface area (Å²) in [4.78, 5) is 10.4. The van der Waals surface area contributed by atoms with E-state index in [1.54, 1.807) is 23.1 Å². The molecule has 104 valence electrons. The van der Waals surface area contributed by atoms with E-state index in [0.29, 0.717) is 0 Å². The summed E-state index contributed by atoms with van der Waals surface area (Å²) in [7, 11) is 0. The molecule has 0 fully saturated rings. The standard InChI is InChI=1S/C15H17N3S2/c1-10-8-16-14(20-10)11(2)17-15-18-13(9-19-15)12-6-4-3-5-7-12/h3-8,11,13H,9H2,1-2H3,(H,17,18). The van der Waals surface area contributed by atoms with Gasteiger partial charge in [-0.05, 0) is 19.4 Å². The molecule has 1 aromatic heterocycles. The number of amidine groups is 1. The lowest BCUT2D eigenvalue weighted by atomic mass is 10.1. The van der Waals surface area contributed by atoms with Crippen molar-refractivity contribution in [2.24, 2.45) is 4.99 Å². The molecule has 20 heavy (non-hydrogen) atoms. The van der Waals surface area contributed by atoms with Gasteiger partial charge in [-0.25, -0.2) is 4.98 Å². The van der Waals surface area contributed by atoms with Gasteiger partial charge < -0.3 is 5.32 Å². The average Bonchev–Trinajstić information content (AvgIpc) is 3.09. The van der Waals surface area contributed by atoms with Gasteiger partial charge in [0.25, 0.3) is 0 Å². The topological polar surface area (TPSA) is 37.3 Å². The van der Waals surface area contributed by atoms with Gasteiger partial charge in [0.15, 0.2) is 5.17 Å². The highest BCUT2D eigenvalue weighted by Gasteiger charge is 2.21. The van der Waals surface area contributed by atoms with Crippen molar-refractivity contribution in [2.75, 3.05) is 5.75 Å². The number of nitrogens with zero attached hydrogens (tertiary/aromatic N) is 2. The minimum atomic E-state index is 0.217. The number of thiazole rings is 1. The Labute approximate surface area is 127 Å². The number of hydrogen-bond donors (Lipinski definition) is 1. The fourth-order valence-corrected chi connectivity index (χ4v) is 3.94. The number of thioether (sulfide) groups is 1. The number of aromatic nitrogens is 1. The van der Waals surface area contributed by atoms with Gasteiger partial charge in [0.05, 0.1) is 12.1 Å². The van der Waals surface area contributed by atoms with Crippen LogP contribution in [0.1, 0.15) is 34.5 Å². The van der Waals surface area contributed by atoms with Crippen molar-refractivity contribution in [1.82, 2.24) is 10.3 Å². The van der Waals surface area contributed by atoms with Crippen LogP contribution in [-0.2, 0) is 0 Å². The molecule has 0 radical (unpaired) electrons. The van der Waals surface area contributed by atoms with Gasteiger partial charge in [-0.1, -0.05) is 42.1 Å². The summed E-state index contributed by atoms with van der Waals surface area (Å²) in [6.07, 6.45) is 1.93. The molecule has 0 spiro atoms. The number of benzene rings is 1. The third kappa shape index (κ3) is 3.04. The van der Waals surface area contributed by atoms with Gasteiger partial charge in [-0.15, -0.1) is 11.3 Å². The van der Waals surface area contributed by atoms with Crippen LogP contribution in [0.4, 0.5) is 0 Å². The molecule has 0 saturated heterocycles. The first-order valence-corrected chi connectivity index (χ1v) is 8.47. The van der Waals surface area contributed by atoms with Crippen molar-refractivity contribution in [1.29, 1.82) is 0 Å². The van der Waals surface area contributed by atoms with E-state index in [-0.39, 0.29) is 12.1 Å². The predicted octanol–water partition coefficient (Wildman–Crippen LogP) is 3.95. The van der Waals surface area contributed by atoms with E-state index in [0.717, 1.165) is 15.9 Å².